The van der Waals surface area contributed by atoms with Crippen molar-refractivity contribution in [2.45, 2.75) is 58.9 Å². The molecule has 2 N–H and O–H groups in total. The molecule has 1 aliphatic heterocycles. The smallest absolute Gasteiger partial charge is 0.325 e. The van der Waals surface area contributed by atoms with Crippen LogP contribution in [0.2, 0.25) is 0 Å². The van der Waals surface area contributed by atoms with Gasteiger partial charge in [0.15, 0.2) is 5.75 Å². The van der Waals surface area contributed by atoms with Gasteiger partial charge in [0.25, 0.3) is 0 Å². The summed E-state index contributed by atoms with van der Waals surface area (Å²) in [6.45, 7) is 5.13. The molecule has 1 aromatic carbocycles. The average Bonchev–Trinajstić information content (AvgIpc) is 2.70. The minimum Gasteiger partial charge on any atom is -0.424 e. The fourth-order valence-corrected chi connectivity index (χ4v) is 3.68. The number of carbonyl (C=O) groups is 3. The molecule has 0 bridgehead atoms. The summed E-state index contributed by atoms with van der Waals surface area (Å²) in [5.41, 5.74) is 0.178. The second-order valence-electron chi connectivity index (χ2n) is 7.87. The molecule has 140 valence electrons. The standard InChI is InChI=1S/C20H26N2O4/c1-12-9-10-15-14(11-12)22-17(23)16(18(24)26-15)20(2,3)19(25)21-13-7-5-4-6-8-13/h9-11,13,16H,4-8H2,1-3H3,(H,21,25)(H,22,23). The normalized spacial score (nSPS) is 21.3. The van der Waals surface area contributed by atoms with E-state index in [-0.39, 0.29) is 11.9 Å². The summed E-state index contributed by atoms with van der Waals surface area (Å²) in [5.74, 6) is -2.40. The molecule has 1 aromatic rings. The molecule has 0 aromatic heterocycles. The van der Waals surface area contributed by atoms with Gasteiger partial charge < -0.3 is 15.4 Å². The number of anilines is 1. The van der Waals surface area contributed by atoms with Gasteiger partial charge in [0.1, 0.15) is 5.92 Å². The van der Waals surface area contributed by atoms with Crippen LogP contribution in [0.4, 0.5) is 5.69 Å². The monoisotopic (exact) mass is 358 g/mol. The van der Waals surface area contributed by atoms with Crippen molar-refractivity contribution in [2.24, 2.45) is 11.3 Å². The van der Waals surface area contributed by atoms with Crippen LogP contribution >= 0.6 is 0 Å². The molecule has 0 saturated heterocycles. The van der Waals surface area contributed by atoms with Gasteiger partial charge in [-0.1, -0.05) is 25.3 Å². The number of aryl methyl sites for hydroxylation is 1. The first-order valence-electron chi connectivity index (χ1n) is 9.23. The molecule has 0 radical (unpaired) electrons. The highest BCUT2D eigenvalue weighted by molar-refractivity contribution is 6.11. The fraction of sp³-hybridized carbons (Fsp3) is 0.550. The van der Waals surface area contributed by atoms with Crippen LogP contribution in [0, 0.1) is 18.3 Å². The largest absolute Gasteiger partial charge is 0.424 e. The first-order valence-corrected chi connectivity index (χ1v) is 9.23. The van der Waals surface area contributed by atoms with Gasteiger partial charge >= 0.3 is 5.97 Å². The quantitative estimate of drug-likeness (QED) is 0.494. The Balaban J connectivity index is 1.81. The van der Waals surface area contributed by atoms with Gasteiger partial charge in [-0.25, -0.2) is 0 Å². The summed E-state index contributed by atoms with van der Waals surface area (Å²) in [4.78, 5) is 38.3. The van der Waals surface area contributed by atoms with Crippen molar-refractivity contribution in [3.05, 3.63) is 23.8 Å². The first-order chi connectivity index (χ1) is 12.3. The zero-order valence-corrected chi connectivity index (χ0v) is 15.6. The number of nitrogens with one attached hydrogen (secondary N) is 2. The predicted molar refractivity (Wildman–Crippen MR) is 97.7 cm³/mol. The van der Waals surface area contributed by atoms with E-state index in [9.17, 15) is 14.4 Å². The molecule has 26 heavy (non-hydrogen) atoms. The lowest BCUT2D eigenvalue weighted by Gasteiger charge is -2.32. The van der Waals surface area contributed by atoms with Crippen molar-refractivity contribution in [1.82, 2.24) is 5.32 Å². The second kappa shape index (κ2) is 7.09. The molecule has 6 heteroatoms. The van der Waals surface area contributed by atoms with Gasteiger partial charge in [0.2, 0.25) is 11.8 Å². The Labute approximate surface area is 153 Å². The number of amides is 2. The number of esters is 1. The molecule has 1 saturated carbocycles. The average molecular weight is 358 g/mol. The number of benzene rings is 1. The zero-order chi connectivity index (χ0) is 18.9. The number of carbonyl (C=O) groups excluding carboxylic acids is 3. The van der Waals surface area contributed by atoms with Gasteiger partial charge in [0.05, 0.1) is 11.1 Å². The van der Waals surface area contributed by atoms with Gasteiger partial charge in [-0.05, 0) is 51.3 Å². The van der Waals surface area contributed by atoms with Crippen LogP contribution < -0.4 is 15.4 Å². The van der Waals surface area contributed by atoms with Crippen molar-refractivity contribution in [3.8, 4) is 5.75 Å². The molecule has 1 atom stereocenters. The number of rotatable bonds is 3. The Morgan fingerprint density at radius 3 is 2.58 bits per heavy atom. The second-order valence-corrected chi connectivity index (χ2v) is 7.87. The van der Waals surface area contributed by atoms with Crippen LogP contribution in [0.15, 0.2) is 18.2 Å². The Hall–Kier alpha value is -2.37. The van der Waals surface area contributed by atoms with Crippen molar-refractivity contribution in [2.75, 3.05) is 5.32 Å². The Kier molecular flexibility index (Phi) is 5.03. The summed E-state index contributed by atoms with van der Waals surface area (Å²) in [7, 11) is 0. The van der Waals surface area contributed by atoms with Crippen molar-refractivity contribution in [1.29, 1.82) is 0 Å². The molecule has 0 spiro atoms. The van der Waals surface area contributed by atoms with Crippen molar-refractivity contribution in [3.63, 3.8) is 0 Å². The third-order valence-electron chi connectivity index (χ3n) is 5.35. The maximum Gasteiger partial charge on any atom is 0.325 e. The summed E-state index contributed by atoms with van der Waals surface area (Å²) in [6.07, 6.45) is 5.24. The Bertz CT molecular complexity index is 735. The Morgan fingerprint density at radius 1 is 1.19 bits per heavy atom. The molecule has 1 unspecified atom stereocenters. The predicted octanol–water partition coefficient (Wildman–Crippen LogP) is 2.94. The van der Waals surface area contributed by atoms with Crippen LogP contribution in [0.5, 0.6) is 5.75 Å². The van der Waals surface area contributed by atoms with Gasteiger partial charge in [-0.2, -0.15) is 0 Å². The number of hydrogen-bond donors (Lipinski definition) is 2. The number of fused-ring (bicyclic) bond motifs is 1. The highest BCUT2D eigenvalue weighted by Crippen LogP contribution is 2.36. The molecule has 6 nitrogen and oxygen atoms in total. The van der Waals surface area contributed by atoms with Gasteiger partial charge in [-0.15, -0.1) is 0 Å². The Morgan fingerprint density at radius 2 is 1.88 bits per heavy atom. The lowest BCUT2D eigenvalue weighted by Crippen LogP contribution is -2.52. The van der Waals surface area contributed by atoms with Crippen LogP contribution in [0.1, 0.15) is 51.5 Å². The van der Waals surface area contributed by atoms with E-state index in [4.69, 9.17) is 4.74 Å². The topological polar surface area (TPSA) is 84.5 Å². The minimum atomic E-state index is -1.21. The lowest BCUT2D eigenvalue weighted by atomic mass is 9.76. The third-order valence-corrected chi connectivity index (χ3v) is 5.35. The van der Waals surface area contributed by atoms with E-state index < -0.39 is 23.2 Å². The highest BCUT2D eigenvalue weighted by atomic mass is 16.5. The number of hydrogen-bond acceptors (Lipinski definition) is 4. The molecule has 3 rings (SSSR count). The maximum atomic E-state index is 12.9. The SMILES string of the molecule is Cc1ccc2c(c1)NC(=O)C(C(C)(C)C(=O)NC1CCCCC1)C(=O)O2. The van der Waals surface area contributed by atoms with E-state index in [0.29, 0.717) is 11.4 Å². The molecule has 2 aliphatic rings. The maximum absolute atomic E-state index is 12.9. The molecule has 2 amide bonds. The van der Waals surface area contributed by atoms with E-state index in [1.165, 1.54) is 6.42 Å². The molecular weight excluding hydrogens is 332 g/mol. The van der Waals surface area contributed by atoms with Crippen LogP contribution in [0.25, 0.3) is 0 Å². The molecule has 1 heterocycles. The minimum absolute atomic E-state index is 0.111. The molecule has 1 aliphatic carbocycles. The van der Waals surface area contributed by atoms with Crippen LogP contribution in [-0.4, -0.2) is 23.8 Å². The summed E-state index contributed by atoms with van der Waals surface area (Å²) < 4.78 is 5.42. The van der Waals surface area contributed by atoms with Crippen LogP contribution in [-0.2, 0) is 14.4 Å². The highest BCUT2D eigenvalue weighted by Gasteiger charge is 2.49. The number of ether oxygens (including phenoxy) is 1. The third kappa shape index (κ3) is 3.59. The van der Waals surface area contributed by atoms with E-state index in [1.54, 1.807) is 32.0 Å². The fourth-order valence-electron chi connectivity index (χ4n) is 3.68. The lowest BCUT2D eigenvalue weighted by molar-refractivity contribution is -0.153. The summed E-state index contributed by atoms with van der Waals surface area (Å²) in [5, 5.41) is 5.77. The molecule has 1 fully saturated rings. The van der Waals surface area contributed by atoms with E-state index in [2.05, 4.69) is 10.6 Å². The molecular formula is C20H26N2O4. The van der Waals surface area contributed by atoms with E-state index in [0.717, 1.165) is 31.2 Å². The summed E-state index contributed by atoms with van der Waals surface area (Å²) >= 11 is 0. The summed E-state index contributed by atoms with van der Waals surface area (Å²) in [6, 6.07) is 5.32. The van der Waals surface area contributed by atoms with E-state index >= 15 is 0 Å². The van der Waals surface area contributed by atoms with Gasteiger partial charge in [-0.3, -0.25) is 14.4 Å². The van der Waals surface area contributed by atoms with Crippen LogP contribution in [0.3, 0.4) is 0 Å². The first kappa shape index (κ1) is 18.4. The zero-order valence-electron chi connectivity index (χ0n) is 15.6. The van der Waals surface area contributed by atoms with E-state index in [1.807, 2.05) is 6.92 Å². The van der Waals surface area contributed by atoms with Crippen molar-refractivity contribution < 1.29 is 19.1 Å². The van der Waals surface area contributed by atoms with Gasteiger partial charge in [0, 0.05) is 6.04 Å². The van der Waals surface area contributed by atoms with Crippen molar-refractivity contribution >= 4 is 23.5 Å².